The van der Waals surface area contributed by atoms with Crippen molar-refractivity contribution in [1.82, 2.24) is 0 Å². The Balaban J connectivity index is 2.69. The molecule has 0 aliphatic heterocycles. The molecule has 0 fully saturated rings. The molecule has 1 radical (unpaired) electrons. The van der Waals surface area contributed by atoms with Crippen LogP contribution < -0.4 is 14.7 Å². The Morgan fingerprint density at radius 3 is 2.41 bits per heavy atom. The van der Waals surface area contributed by atoms with Crippen LogP contribution in [0.5, 0.6) is 11.5 Å². The van der Waals surface area contributed by atoms with Crippen LogP contribution >= 0.6 is 0 Å². The quantitative estimate of drug-likeness (QED) is 0.550. The standard InChI is InChI=1S/C13H21O3Si/c1-14-8-5-9-16-13-10-11(17(3)4)6-7-12(13)15-2/h6-7,10H,5,8-9H2,1-4H3. The van der Waals surface area contributed by atoms with Gasteiger partial charge in [-0.15, -0.1) is 0 Å². The zero-order chi connectivity index (χ0) is 12.7. The van der Waals surface area contributed by atoms with Crippen molar-refractivity contribution in [3.05, 3.63) is 18.2 Å². The van der Waals surface area contributed by atoms with E-state index in [0.717, 1.165) is 24.5 Å². The summed E-state index contributed by atoms with van der Waals surface area (Å²) in [5.74, 6) is 1.64. The molecule has 0 saturated carbocycles. The van der Waals surface area contributed by atoms with Crippen LogP contribution in [0.15, 0.2) is 18.2 Å². The fourth-order valence-electron chi connectivity index (χ4n) is 1.49. The number of benzene rings is 1. The summed E-state index contributed by atoms with van der Waals surface area (Å²) in [6, 6.07) is 6.20. The van der Waals surface area contributed by atoms with Crippen LogP contribution in [0.2, 0.25) is 13.1 Å². The first-order chi connectivity index (χ1) is 8.19. The minimum Gasteiger partial charge on any atom is -0.493 e. The molecule has 0 aromatic heterocycles. The zero-order valence-electron chi connectivity index (χ0n) is 11.1. The Morgan fingerprint density at radius 2 is 1.82 bits per heavy atom. The third-order valence-corrected chi connectivity index (χ3v) is 3.96. The van der Waals surface area contributed by atoms with E-state index in [1.165, 1.54) is 5.19 Å². The number of methoxy groups -OCH3 is 2. The van der Waals surface area contributed by atoms with Crippen molar-refractivity contribution in [2.45, 2.75) is 19.5 Å². The van der Waals surface area contributed by atoms with E-state index in [1.807, 2.05) is 6.07 Å². The van der Waals surface area contributed by atoms with Gasteiger partial charge in [0.05, 0.1) is 22.5 Å². The van der Waals surface area contributed by atoms with E-state index < -0.39 is 8.80 Å². The van der Waals surface area contributed by atoms with Crippen LogP contribution in [0.1, 0.15) is 6.42 Å². The van der Waals surface area contributed by atoms with Crippen LogP contribution in [0.4, 0.5) is 0 Å². The van der Waals surface area contributed by atoms with Crippen LogP contribution in [0.3, 0.4) is 0 Å². The summed E-state index contributed by atoms with van der Waals surface area (Å²) in [5, 5.41) is 1.36. The molecule has 17 heavy (non-hydrogen) atoms. The summed E-state index contributed by atoms with van der Waals surface area (Å²) in [7, 11) is 2.91. The molecule has 1 rings (SSSR count). The van der Waals surface area contributed by atoms with E-state index in [4.69, 9.17) is 14.2 Å². The highest BCUT2D eigenvalue weighted by Crippen LogP contribution is 2.25. The number of hydrogen-bond acceptors (Lipinski definition) is 3. The fraction of sp³-hybridized carbons (Fsp3) is 0.538. The molecule has 0 heterocycles. The predicted octanol–water partition coefficient (Wildman–Crippen LogP) is 2.07. The van der Waals surface area contributed by atoms with Crippen LogP contribution in [0, 0.1) is 0 Å². The summed E-state index contributed by atoms with van der Waals surface area (Å²) in [6.07, 6.45) is 0.889. The van der Waals surface area contributed by atoms with Crippen molar-refractivity contribution in [1.29, 1.82) is 0 Å². The molecule has 4 heteroatoms. The lowest BCUT2D eigenvalue weighted by atomic mass is 10.3. The normalized spacial score (nSPS) is 10.6. The first kappa shape index (κ1) is 14.1. The third kappa shape index (κ3) is 4.40. The van der Waals surface area contributed by atoms with E-state index >= 15 is 0 Å². The molecule has 0 spiro atoms. The first-order valence-electron chi connectivity index (χ1n) is 5.79. The molecule has 0 bridgehead atoms. The zero-order valence-corrected chi connectivity index (χ0v) is 12.1. The fourth-order valence-corrected chi connectivity index (χ4v) is 2.32. The number of rotatable bonds is 7. The van der Waals surface area contributed by atoms with Crippen LogP contribution in [0.25, 0.3) is 0 Å². The summed E-state index contributed by atoms with van der Waals surface area (Å²) in [6.45, 7) is 5.91. The summed E-state index contributed by atoms with van der Waals surface area (Å²) in [5.41, 5.74) is 0. The second kappa shape index (κ2) is 7.35. The molecule has 0 atom stereocenters. The van der Waals surface area contributed by atoms with Crippen molar-refractivity contribution in [2.75, 3.05) is 27.4 Å². The van der Waals surface area contributed by atoms with E-state index in [0.29, 0.717) is 6.61 Å². The van der Waals surface area contributed by atoms with Gasteiger partial charge in [0.25, 0.3) is 0 Å². The molecule has 1 aromatic rings. The predicted molar refractivity (Wildman–Crippen MR) is 72.1 cm³/mol. The van der Waals surface area contributed by atoms with E-state index in [9.17, 15) is 0 Å². The molecule has 0 unspecified atom stereocenters. The lowest BCUT2D eigenvalue weighted by Gasteiger charge is -2.13. The average Bonchev–Trinajstić information content (AvgIpc) is 2.34. The summed E-state index contributed by atoms with van der Waals surface area (Å²) >= 11 is 0. The maximum absolute atomic E-state index is 5.73. The Kier molecular flexibility index (Phi) is 6.08. The minimum absolute atomic E-state index is 0.454. The molecule has 0 N–H and O–H groups in total. The molecule has 95 valence electrons. The topological polar surface area (TPSA) is 27.7 Å². The van der Waals surface area contributed by atoms with Gasteiger partial charge in [-0.3, -0.25) is 0 Å². The Labute approximate surface area is 105 Å². The van der Waals surface area contributed by atoms with Gasteiger partial charge in [0.1, 0.15) is 0 Å². The molecule has 1 aromatic carbocycles. The molecular formula is C13H21O3Si. The van der Waals surface area contributed by atoms with Gasteiger partial charge in [-0.2, -0.15) is 0 Å². The van der Waals surface area contributed by atoms with Gasteiger partial charge in [0.15, 0.2) is 11.5 Å². The van der Waals surface area contributed by atoms with Crippen molar-refractivity contribution in [2.24, 2.45) is 0 Å². The highest BCUT2D eigenvalue weighted by Gasteiger charge is 2.08. The van der Waals surface area contributed by atoms with Crippen LogP contribution in [-0.2, 0) is 4.74 Å². The maximum Gasteiger partial charge on any atom is 0.161 e. The Bertz CT molecular complexity index is 339. The molecular weight excluding hydrogens is 232 g/mol. The number of hydrogen-bond donors (Lipinski definition) is 0. The Morgan fingerprint density at radius 1 is 1.06 bits per heavy atom. The lowest BCUT2D eigenvalue weighted by molar-refractivity contribution is 0.170. The van der Waals surface area contributed by atoms with Gasteiger partial charge >= 0.3 is 0 Å². The van der Waals surface area contributed by atoms with Gasteiger partial charge in [0, 0.05) is 20.1 Å². The van der Waals surface area contributed by atoms with Gasteiger partial charge in [-0.25, -0.2) is 0 Å². The van der Waals surface area contributed by atoms with Gasteiger partial charge in [-0.05, 0) is 12.1 Å². The first-order valence-corrected chi connectivity index (χ1v) is 8.29. The summed E-state index contributed by atoms with van der Waals surface area (Å²) < 4.78 is 16.0. The van der Waals surface area contributed by atoms with Crippen molar-refractivity contribution >= 4 is 14.0 Å². The molecule has 3 nitrogen and oxygen atoms in total. The third-order valence-electron chi connectivity index (χ3n) is 2.49. The van der Waals surface area contributed by atoms with Gasteiger partial charge in [0.2, 0.25) is 0 Å². The second-order valence-corrected chi connectivity index (χ2v) is 6.64. The van der Waals surface area contributed by atoms with Crippen molar-refractivity contribution in [3.8, 4) is 11.5 Å². The lowest BCUT2D eigenvalue weighted by Crippen LogP contribution is -2.22. The minimum atomic E-state index is -0.454. The Hall–Kier alpha value is -1.00. The molecule has 0 aliphatic rings. The molecule has 0 saturated heterocycles. The van der Waals surface area contributed by atoms with Gasteiger partial charge in [-0.1, -0.05) is 24.3 Å². The largest absolute Gasteiger partial charge is 0.493 e. The van der Waals surface area contributed by atoms with Crippen LogP contribution in [-0.4, -0.2) is 36.2 Å². The van der Waals surface area contributed by atoms with Crippen molar-refractivity contribution in [3.63, 3.8) is 0 Å². The maximum atomic E-state index is 5.73. The van der Waals surface area contributed by atoms with E-state index in [1.54, 1.807) is 14.2 Å². The number of ether oxygens (including phenoxy) is 3. The highest BCUT2D eigenvalue weighted by molar-refractivity contribution is 6.70. The highest BCUT2D eigenvalue weighted by atomic mass is 28.3. The molecule has 0 amide bonds. The average molecular weight is 253 g/mol. The van der Waals surface area contributed by atoms with E-state index in [-0.39, 0.29) is 0 Å². The van der Waals surface area contributed by atoms with Gasteiger partial charge < -0.3 is 14.2 Å². The SMILES string of the molecule is COCCCOc1cc([Si](C)C)ccc1OC. The van der Waals surface area contributed by atoms with Crippen molar-refractivity contribution < 1.29 is 14.2 Å². The smallest absolute Gasteiger partial charge is 0.161 e. The van der Waals surface area contributed by atoms with E-state index in [2.05, 4.69) is 25.2 Å². The summed E-state index contributed by atoms with van der Waals surface area (Å²) in [4.78, 5) is 0. The monoisotopic (exact) mass is 253 g/mol. The molecule has 0 aliphatic carbocycles. The second-order valence-electron chi connectivity index (χ2n) is 4.06.